The lowest BCUT2D eigenvalue weighted by Gasteiger charge is -2.34. The van der Waals surface area contributed by atoms with Gasteiger partial charge in [0.25, 0.3) is 0 Å². The molecule has 2 aromatic heterocycles. The summed E-state index contributed by atoms with van der Waals surface area (Å²) in [6.45, 7) is 1.21. The molecule has 1 amide bonds. The van der Waals surface area contributed by atoms with Crippen molar-refractivity contribution in [1.82, 2.24) is 24.3 Å². The number of benzene rings is 2. The van der Waals surface area contributed by atoms with E-state index in [1.165, 1.54) is 4.31 Å². The molecule has 5 rings (SSSR count). The maximum Gasteiger partial charge on any atom is 0.243 e. The third-order valence-corrected chi connectivity index (χ3v) is 7.80. The number of pyridine rings is 1. The van der Waals surface area contributed by atoms with Crippen LogP contribution in [0.4, 0.5) is 0 Å². The summed E-state index contributed by atoms with van der Waals surface area (Å²) in [6, 6.07) is 16.4. The van der Waals surface area contributed by atoms with E-state index in [1.54, 1.807) is 41.6 Å². The molecule has 1 aliphatic heterocycles. The van der Waals surface area contributed by atoms with Gasteiger partial charge >= 0.3 is 0 Å². The largest absolute Gasteiger partial charge is 0.340 e. The zero-order valence-corrected chi connectivity index (χ0v) is 19.2. The average Bonchev–Trinajstić information content (AvgIpc) is 3.37. The number of aromatic nitrogens is 3. The fraction of sp³-hybridized carbons (Fsp3) is 0.250. The Labute approximate surface area is 197 Å². The van der Waals surface area contributed by atoms with Gasteiger partial charge in [0, 0.05) is 57.0 Å². The van der Waals surface area contributed by atoms with E-state index in [2.05, 4.69) is 15.1 Å². The van der Waals surface area contributed by atoms with Gasteiger partial charge in [-0.1, -0.05) is 35.5 Å². The fourth-order valence-corrected chi connectivity index (χ4v) is 5.46. The highest BCUT2D eigenvalue weighted by Gasteiger charge is 2.30. The van der Waals surface area contributed by atoms with Crippen LogP contribution in [0.25, 0.3) is 22.2 Å². The number of aryl methyl sites for hydroxylation is 1. The minimum atomic E-state index is -3.62. The van der Waals surface area contributed by atoms with E-state index in [0.717, 1.165) is 16.3 Å². The maximum atomic E-state index is 13.1. The topological polar surface area (TPSA) is 109 Å². The second kappa shape index (κ2) is 9.32. The molecule has 1 aliphatic rings. The van der Waals surface area contributed by atoms with Crippen LogP contribution in [0.15, 0.2) is 76.4 Å². The van der Waals surface area contributed by atoms with Gasteiger partial charge in [0.2, 0.25) is 27.6 Å². The monoisotopic (exact) mass is 477 g/mol. The van der Waals surface area contributed by atoms with Crippen LogP contribution in [0.5, 0.6) is 0 Å². The Balaban J connectivity index is 1.17. The van der Waals surface area contributed by atoms with E-state index in [4.69, 9.17) is 4.52 Å². The van der Waals surface area contributed by atoms with E-state index in [1.807, 2.05) is 30.3 Å². The van der Waals surface area contributed by atoms with Crippen LogP contribution >= 0.6 is 0 Å². The molecule has 4 aromatic rings. The van der Waals surface area contributed by atoms with Gasteiger partial charge in [-0.2, -0.15) is 9.29 Å². The van der Waals surface area contributed by atoms with Crippen molar-refractivity contribution in [3.8, 4) is 11.4 Å². The summed E-state index contributed by atoms with van der Waals surface area (Å²) in [5.74, 6) is 0.779. The molecule has 174 valence electrons. The zero-order chi connectivity index (χ0) is 23.5. The van der Waals surface area contributed by atoms with Gasteiger partial charge in [0.05, 0.1) is 4.90 Å². The quantitative estimate of drug-likeness (QED) is 0.420. The Morgan fingerprint density at radius 2 is 1.68 bits per heavy atom. The SMILES string of the molecule is O=C(CCc1nc(-c2ccncc2)no1)N1CCN(S(=O)(=O)c2ccc3ccccc3c2)CC1. The molecule has 1 saturated heterocycles. The van der Waals surface area contributed by atoms with Crippen molar-refractivity contribution in [3.05, 3.63) is 72.9 Å². The van der Waals surface area contributed by atoms with Crippen LogP contribution in [-0.4, -0.2) is 64.8 Å². The highest BCUT2D eigenvalue weighted by atomic mass is 32.2. The predicted octanol–water partition coefficient (Wildman–Crippen LogP) is 2.75. The second-order valence-electron chi connectivity index (χ2n) is 8.04. The van der Waals surface area contributed by atoms with E-state index >= 15 is 0 Å². The molecule has 0 unspecified atom stereocenters. The minimum absolute atomic E-state index is 0.0635. The van der Waals surface area contributed by atoms with E-state index in [0.29, 0.717) is 31.2 Å². The molecule has 1 fully saturated rings. The van der Waals surface area contributed by atoms with Gasteiger partial charge in [0.15, 0.2) is 0 Å². The first kappa shape index (κ1) is 22.2. The van der Waals surface area contributed by atoms with Gasteiger partial charge in [-0.05, 0) is 35.0 Å². The standard InChI is InChI=1S/C24H23N5O4S/c30-23(8-7-22-26-24(27-33-22)19-9-11-25-12-10-19)28-13-15-29(16-14-28)34(31,32)21-6-5-18-3-1-2-4-20(18)17-21/h1-6,9-12,17H,7-8,13-16H2. The number of nitrogens with zero attached hydrogens (tertiary/aromatic N) is 5. The molecular weight excluding hydrogens is 454 g/mol. The van der Waals surface area contributed by atoms with Crippen molar-refractivity contribution >= 4 is 26.7 Å². The number of carbonyl (C=O) groups excluding carboxylic acids is 1. The van der Waals surface area contributed by atoms with E-state index in [9.17, 15) is 13.2 Å². The molecule has 0 saturated carbocycles. The normalized spacial score (nSPS) is 15.0. The lowest BCUT2D eigenvalue weighted by atomic mass is 10.1. The van der Waals surface area contributed by atoms with E-state index < -0.39 is 10.0 Å². The number of hydrogen-bond donors (Lipinski definition) is 0. The van der Waals surface area contributed by atoms with Gasteiger partial charge in [-0.25, -0.2) is 8.42 Å². The fourth-order valence-electron chi connectivity index (χ4n) is 4.00. The summed E-state index contributed by atoms with van der Waals surface area (Å²) >= 11 is 0. The first-order valence-corrected chi connectivity index (χ1v) is 12.4. The van der Waals surface area contributed by atoms with Gasteiger partial charge in [0.1, 0.15) is 0 Å². The van der Waals surface area contributed by atoms with Crippen molar-refractivity contribution in [1.29, 1.82) is 0 Å². The molecule has 2 aromatic carbocycles. The molecule has 0 N–H and O–H groups in total. The summed E-state index contributed by atoms with van der Waals surface area (Å²) in [4.78, 5) is 22.9. The molecule has 3 heterocycles. The van der Waals surface area contributed by atoms with Crippen LogP contribution in [0, 0.1) is 0 Å². The Morgan fingerprint density at radius 1 is 0.941 bits per heavy atom. The summed E-state index contributed by atoms with van der Waals surface area (Å²) < 4.78 is 33.0. The third-order valence-electron chi connectivity index (χ3n) is 5.91. The number of fused-ring (bicyclic) bond motifs is 1. The third kappa shape index (κ3) is 4.55. The summed E-state index contributed by atoms with van der Waals surface area (Å²) in [5, 5.41) is 5.82. The van der Waals surface area contributed by atoms with Crippen molar-refractivity contribution in [3.63, 3.8) is 0 Å². The molecule has 0 radical (unpaired) electrons. The van der Waals surface area contributed by atoms with Crippen LogP contribution < -0.4 is 0 Å². The van der Waals surface area contributed by atoms with Gasteiger partial charge in [-0.15, -0.1) is 0 Å². The van der Waals surface area contributed by atoms with Crippen LogP contribution in [0.2, 0.25) is 0 Å². The lowest BCUT2D eigenvalue weighted by molar-refractivity contribution is -0.132. The number of piperazine rings is 1. The maximum absolute atomic E-state index is 13.1. The predicted molar refractivity (Wildman–Crippen MR) is 125 cm³/mol. The molecule has 0 aliphatic carbocycles. The smallest absolute Gasteiger partial charge is 0.243 e. The summed E-state index contributed by atoms with van der Waals surface area (Å²) in [5.41, 5.74) is 0.792. The Kier molecular flexibility index (Phi) is 6.08. The molecular formula is C24H23N5O4S. The van der Waals surface area contributed by atoms with Crippen molar-refractivity contribution < 1.29 is 17.7 Å². The van der Waals surface area contributed by atoms with Gasteiger partial charge < -0.3 is 9.42 Å². The molecule has 10 heteroatoms. The Morgan fingerprint density at radius 3 is 2.44 bits per heavy atom. The van der Waals surface area contributed by atoms with Crippen molar-refractivity contribution in [2.45, 2.75) is 17.7 Å². The van der Waals surface area contributed by atoms with Crippen LogP contribution in [0.3, 0.4) is 0 Å². The minimum Gasteiger partial charge on any atom is -0.340 e. The summed E-state index contributed by atoms with van der Waals surface area (Å²) in [6.07, 6.45) is 3.84. The number of rotatable bonds is 6. The molecule has 0 bridgehead atoms. The van der Waals surface area contributed by atoms with Crippen LogP contribution in [0.1, 0.15) is 12.3 Å². The van der Waals surface area contributed by atoms with Crippen molar-refractivity contribution in [2.24, 2.45) is 0 Å². The second-order valence-corrected chi connectivity index (χ2v) is 9.98. The number of amides is 1. The molecule has 9 nitrogen and oxygen atoms in total. The molecule has 0 spiro atoms. The van der Waals surface area contributed by atoms with Crippen LogP contribution in [-0.2, 0) is 21.2 Å². The average molecular weight is 478 g/mol. The highest BCUT2D eigenvalue weighted by molar-refractivity contribution is 7.89. The van der Waals surface area contributed by atoms with Gasteiger partial charge in [-0.3, -0.25) is 9.78 Å². The first-order chi connectivity index (χ1) is 16.5. The first-order valence-electron chi connectivity index (χ1n) is 11.0. The Bertz CT molecular complexity index is 1410. The highest BCUT2D eigenvalue weighted by Crippen LogP contribution is 2.23. The molecule has 34 heavy (non-hydrogen) atoms. The number of carbonyl (C=O) groups is 1. The lowest BCUT2D eigenvalue weighted by Crippen LogP contribution is -2.50. The van der Waals surface area contributed by atoms with Crippen molar-refractivity contribution in [2.75, 3.05) is 26.2 Å². The Hall–Kier alpha value is -3.63. The summed E-state index contributed by atoms with van der Waals surface area (Å²) in [7, 11) is -3.62. The molecule has 0 atom stereocenters. The number of sulfonamides is 1. The zero-order valence-electron chi connectivity index (χ0n) is 18.4. The van der Waals surface area contributed by atoms with E-state index in [-0.39, 0.29) is 30.3 Å². The number of hydrogen-bond acceptors (Lipinski definition) is 7.